The van der Waals surface area contributed by atoms with Gasteiger partial charge in [-0.2, -0.15) is 10.2 Å². The van der Waals surface area contributed by atoms with Crippen molar-refractivity contribution in [1.82, 2.24) is 15.1 Å². The van der Waals surface area contributed by atoms with E-state index in [-0.39, 0.29) is 0 Å². The fourth-order valence-corrected chi connectivity index (χ4v) is 1.72. The second-order valence-electron chi connectivity index (χ2n) is 3.91. The van der Waals surface area contributed by atoms with Gasteiger partial charge in [0.15, 0.2) is 5.82 Å². The number of anilines is 1. The Kier molecular flexibility index (Phi) is 3.53. The van der Waals surface area contributed by atoms with Crippen molar-refractivity contribution >= 4 is 5.69 Å². The number of aryl methyl sites for hydroxylation is 2. The maximum atomic E-state index is 9.10. The van der Waals surface area contributed by atoms with E-state index in [9.17, 15) is 0 Å². The standard InChI is InChI=1S/C12H13N5O/c1-8-5-11(10(6-13)9(2)16-8)14-4-3-12-15-7-18-17-12/h5,7H,3-4H2,1-2H3,(H,14,16). The van der Waals surface area contributed by atoms with E-state index in [1.165, 1.54) is 6.39 Å². The first-order chi connectivity index (χ1) is 8.70. The molecule has 18 heavy (non-hydrogen) atoms. The number of aromatic nitrogens is 3. The maximum absolute atomic E-state index is 9.10. The van der Waals surface area contributed by atoms with Crippen LogP contribution in [0.4, 0.5) is 5.69 Å². The molecule has 0 spiro atoms. The molecule has 0 fully saturated rings. The summed E-state index contributed by atoms with van der Waals surface area (Å²) in [6.45, 7) is 4.37. The van der Waals surface area contributed by atoms with Gasteiger partial charge in [-0.25, -0.2) is 0 Å². The Morgan fingerprint density at radius 2 is 2.28 bits per heavy atom. The molecule has 2 aromatic rings. The normalized spacial score (nSPS) is 10.1. The molecule has 0 saturated heterocycles. The van der Waals surface area contributed by atoms with Crippen LogP contribution in [0.1, 0.15) is 22.8 Å². The predicted molar refractivity (Wildman–Crippen MR) is 64.9 cm³/mol. The van der Waals surface area contributed by atoms with Crippen molar-refractivity contribution in [1.29, 1.82) is 5.26 Å². The molecule has 0 bridgehead atoms. The number of nitrogens with zero attached hydrogens (tertiary/aromatic N) is 4. The van der Waals surface area contributed by atoms with E-state index < -0.39 is 0 Å². The van der Waals surface area contributed by atoms with E-state index in [4.69, 9.17) is 5.26 Å². The highest BCUT2D eigenvalue weighted by molar-refractivity contribution is 5.59. The highest BCUT2D eigenvalue weighted by Crippen LogP contribution is 2.18. The first-order valence-corrected chi connectivity index (χ1v) is 5.58. The SMILES string of the molecule is Cc1cc(NCCc2ncon2)c(C#N)c(C)n1. The first-order valence-electron chi connectivity index (χ1n) is 5.58. The van der Waals surface area contributed by atoms with Crippen LogP contribution < -0.4 is 5.32 Å². The summed E-state index contributed by atoms with van der Waals surface area (Å²) in [6, 6.07) is 4.02. The average molecular weight is 243 g/mol. The van der Waals surface area contributed by atoms with Gasteiger partial charge in [0.25, 0.3) is 0 Å². The lowest BCUT2D eigenvalue weighted by Gasteiger charge is -2.09. The third kappa shape index (κ3) is 2.63. The Morgan fingerprint density at radius 1 is 1.44 bits per heavy atom. The zero-order valence-electron chi connectivity index (χ0n) is 10.3. The first kappa shape index (κ1) is 12.0. The maximum Gasteiger partial charge on any atom is 0.213 e. The van der Waals surface area contributed by atoms with Gasteiger partial charge < -0.3 is 9.84 Å². The quantitative estimate of drug-likeness (QED) is 0.877. The molecule has 6 nitrogen and oxygen atoms in total. The van der Waals surface area contributed by atoms with Gasteiger partial charge in [-0.3, -0.25) is 4.98 Å². The monoisotopic (exact) mass is 243 g/mol. The van der Waals surface area contributed by atoms with Gasteiger partial charge >= 0.3 is 0 Å². The van der Waals surface area contributed by atoms with Gasteiger partial charge in [0.05, 0.1) is 16.9 Å². The average Bonchev–Trinajstić information content (AvgIpc) is 2.81. The van der Waals surface area contributed by atoms with Crippen molar-refractivity contribution in [2.45, 2.75) is 20.3 Å². The topological polar surface area (TPSA) is 87.6 Å². The van der Waals surface area contributed by atoms with Gasteiger partial charge in [0.1, 0.15) is 6.07 Å². The number of hydrogen-bond donors (Lipinski definition) is 1. The van der Waals surface area contributed by atoms with Crippen LogP contribution in [0.5, 0.6) is 0 Å². The Labute approximate surface area is 105 Å². The Morgan fingerprint density at radius 3 is 2.94 bits per heavy atom. The summed E-state index contributed by atoms with van der Waals surface area (Å²) < 4.78 is 4.65. The molecule has 2 aromatic heterocycles. The summed E-state index contributed by atoms with van der Waals surface area (Å²) in [4.78, 5) is 8.19. The number of hydrogen-bond acceptors (Lipinski definition) is 6. The Hall–Kier alpha value is -2.42. The third-order valence-electron chi connectivity index (χ3n) is 2.51. The summed E-state index contributed by atoms with van der Waals surface area (Å²) in [5.74, 6) is 0.642. The van der Waals surface area contributed by atoms with E-state index in [2.05, 4.69) is 31.0 Å². The number of rotatable bonds is 4. The van der Waals surface area contributed by atoms with Crippen molar-refractivity contribution < 1.29 is 4.52 Å². The number of nitrogens with one attached hydrogen (secondary N) is 1. The largest absolute Gasteiger partial charge is 0.383 e. The van der Waals surface area contributed by atoms with Crippen LogP contribution >= 0.6 is 0 Å². The van der Waals surface area contributed by atoms with Crippen LogP contribution in [-0.4, -0.2) is 21.7 Å². The van der Waals surface area contributed by atoms with E-state index in [0.717, 1.165) is 17.1 Å². The molecule has 1 N–H and O–H groups in total. The summed E-state index contributed by atoms with van der Waals surface area (Å²) in [7, 11) is 0. The van der Waals surface area contributed by atoms with Gasteiger partial charge in [-0.15, -0.1) is 0 Å². The van der Waals surface area contributed by atoms with Crippen molar-refractivity contribution in [2.75, 3.05) is 11.9 Å². The lowest BCUT2D eigenvalue weighted by molar-refractivity contribution is 0.410. The van der Waals surface area contributed by atoms with Crippen molar-refractivity contribution in [2.24, 2.45) is 0 Å². The lowest BCUT2D eigenvalue weighted by Crippen LogP contribution is -2.09. The Balaban J connectivity index is 2.07. The number of pyridine rings is 1. The van der Waals surface area contributed by atoms with Crippen LogP contribution in [0.25, 0.3) is 0 Å². The zero-order chi connectivity index (χ0) is 13.0. The zero-order valence-corrected chi connectivity index (χ0v) is 10.3. The minimum absolute atomic E-state index is 0.578. The number of nitriles is 1. The minimum Gasteiger partial charge on any atom is -0.383 e. The third-order valence-corrected chi connectivity index (χ3v) is 2.51. The Bertz CT molecular complexity index is 571. The van der Waals surface area contributed by atoms with Crippen molar-refractivity contribution in [3.05, 3.63) is 35.2 Å². The molecule has 0 aliphatic rings. The molecule has 0 unspecified atom stereocenters. The van der Waals surface area contributed by atoms with Crippen molar-refractivity contribution in [3.63, 3.8) is 0 Å². The van der Waals surface area contributed by atoms with Crippen LogP contribution in [0.15, 0.2) is 17.0 Å². The molecule has 0 aliphatic carbocycles. The molecule has 6 heteroatoms. The highest BCUT2D eigenvalue weighted by Gasteiger charge is 2.07. The minimum atomic E-state index is 0.578. The molecule has 0 amide bonds. The van der Waals surface area contributed by atoms with Crippen LogP contribution in [0.3, 0.4) is 0 Å². The molecular weight excluding hydrogens is 230 g/mol. The molecular formula is C12H13N5O. The highest BCUT2D eigenvalue weighted by atomic mass is 16.5. The van der Waals surface area contributed by atoms with E-state index >= 15 is 0 Å². The van der Waals surface area contributed by atoms with Gasteiger partial charge in [0, 0.05) is 18.7 Å². The van der Waals surface area contributed by atoms with Gasteiger partial charge in [-0.1, -0.05) is 5.16 Å². The molecule has 0 saturated carbocycles. The molecule has 92 valence electrons. The van der Waals surface area contributed by atoms with Crippen LogP contribution in [0.2, 0.25) is 0 Å². The van der Waals surface area contributed by atoms with E-state index in [1.54, 1.807) is 0 Å². The van der Waals surface area contributed by atoms with E-state index in [0.29, 0.717) is 24.4 Å². The van der Waals surface area contributed by atoms with Crippen LogP contribution in [-0.2, 0) is 6.42 Å². The molecule has 0 radical (unpaired) electrons. The van der Waals surface area contributed by atoms with Crippen LogP contribution in [0, 0.1) is 25.2 Å². The summed E-state index contributed by atoms with van der Waals surface area (Å²) in [6.07, 6.45) is 1.94. The molecule has 2 rings (SSSR count). The van der Waals surface area contributed by atoms with Gasteiger partial charge in [0.2, 0.25) is 6.39 Å². The second-order valence-corrected chi connectivity index (χ2v) is 3.91. The molecule has 0 atom stereocenters. The van der Waals surface area contributed by atoms with Gasteiger partial charge in [-0.05, 0) is 19.9 Å². The second kappa shape index (κ2) is 5.27. The summed E-state index contributed by atoms with van der Waals surface area (Å²) >= 11 is 0. The molecule has 0 aliphatic heterocycles. The van der Waals surface area contributed by atoms with Crippen molar-refractivity contribution in [3.8, 4) is 6.07 Å². The molecule has 2 heterocycles. The lowest BCUT2D eigenvalue weighted by atomic mass is 10.1. The fraction of sp³-hybridized carbons (Fsp3) is 0.333. The smallest absolute Gasteiger partial charge is 0.213 e. The fourth-order valence-electron chi connectivity index (χ4n) is 1.72. The summed E-state index contributed by atoms with van der Waals surface area (Å²) in [5, 5.41) is 16.0. The van der Waals surface area contributed by atoms with E-state index in [1.807, 2.05) is 19.9 Å². The predicted octanol–water partition coefficient (Wildman–Crippen LogP) is 1.61. The molecule has 0 aromatic carbocycles. The summed E-state index contributed by atoms with van der Waals surface area (Å²) in [5.41, 5.74) is 2.99.